The van der Waals surface area contributed by atoms with Crippen molar-refractivity contribution in [3.8, 4) is 5.75 Å². The van der Waals surface area contributed by atoms with Crippen LogP contribution in [0.1, 0.15) is 35.7 Å². The zero-order valence-electron chi connectivity index (χ0n) is 14.5. The van der Waals surface area contributed by atoms with Crippen molar-refractivity contribution in [2.45, 2.75) is 26.7 Å². The number of nitrogens with zero attached hydrogens (tertiary/aromatic N) is 1. The number of benzene rings is 2. The van der Waals surface area contributed by atoms with Crippen LogP contribution in [0.15, 0.2) is 42.5 Å². The molecule has 1 saturated heterocycles. The first-order valence-electron chi connectivity index (χ1n) is 8.53. The van der Waals surface area contributed by atoms with Crippen molar-refractivity contribution in [2.24, 2.45) is 0 Å². The molecule has 1 heterocycles. The lowest BCUT2D eigenvalue weighted by Gasteiger charge is -2.19. The molecule has 25 heavy (non-hydrogen) atoms. The second-order valence-corrected chi connectivity index (χ2v) is 6.07. The monoisotopic (exact) mass is 338 g/mol. The minimum Gasteiger partial charge on any atom is -0.494 e. The Morgan fingerprint density at radius 3 is 2.76 bits per heavy atom. The Hall–Kier alpha value is -2.82. The Kier molecular flexibility index (Phi) is 5.03. The van der Waals surface area contributed by atoms with Crippen molar-refractivity contribution in [3.63, 3.8) is 0 Å². The summed E-state index contributed by atoms with van der Waals surface area (Å²) in [5, 5.41) is 2.90. The van der Waals surface area contributed by atoms with Gasteiger partial charge in [0.1, 0.15) is 5.75 Å². The fourth-order valence-electron chi connectivity index (χ4n) is 3.04. The van der Waals surface area contributed by atoms with Crippen LogP contribution in [0.2, 0.25) is 0 Å². The van der Waals surface area contributed by atoms with E-state index in [4.69, 9.17) is 4.74 Å². The minimum absolute atomic E-state index is 0.160. The first kappa shape index (κ1) is 17.0. The highest BCUT2D eigenvalue weighted by molar-refractivity contribution is 6.05. The SMILES string of the molecule is CCOc1cccc(C(=O)Nc2ccc(N3CCCC3=O)c(C)c2)c1. The normalized spacial score (nSPS) is 13.8. The van der Waals surface area contributed by atoms with Gasteiger partial charge in [-0.3, -0.25) is 9.59 Å². The Balaban J connectivity index is 1.74. The average Bonchev–Trinajstić information content (AvgIpc) is 3.01. The molecule has 0 saturated carbocycles. The Morgan fingerprint density at radius 2 is 2.08 bits per heavy atom. The molecule has 1 N–H and O–H groups in total. The number of hydrogen-bond acceptors (Lipinski definition) is 3. The van der Waals surface area contributed by atoms with E-state index in [2.05, 4.69) is 5.32 Å². The summed E-state index contributed by atoms with van der Waals surface area (Å²) in [6.45, 7) is 5.17. The number of amides is 2. The van der Waals surface area contributed by atoms with E-state index >= 15 is 0 Å². The van der Waals surface area contributed by atoms with Gasteiger partial charge in [0.15, 0.2) is 0 Å². The van der Waals surface area contributed by atoms with Crippen LogP contribution in [0.4, 0.5) is 11.4 Å². The molecule has 0 radical (unpaired) electrons. The zero-order valence-corrected chi connectivity index (χ0v) is 14.5. The van der Waals surface area contributed by atoms with Gasteiger partial charge >= 0.3 is 0 Å². The van der Waals surface area contributed by atoms with Gasteiger partial charge in [0.2, 0.25) is 5.91 Å². The number of anilines is 2. The fraction of sp³-hybridized carbons (Fsp3) is 0.300. The molecular weight excluding hydrogens is 316 g/mol. The summed E-state index contributed by atoms with van der Waals surface area (Å²) in [7, 11) is 0. The van der Waals surface area contributed by atoms with Crippen LogP contribution in [0, 0.1) is 6.92 Å². The predicted octanol–water partition coefficient (Wildman–Crippen LogP) is 3.77. The van der Waals surface area contributed by atoms with Gasteiger partial charge in [-0.1, -0.05) is 6.07 Å². The van der Waals surface area contributed by atoms with Gasteiger partial charge in [0, 0.05) is 29.9 Å². The Labute approximate surface area is 147 Å². The summed E-state index contributed by atoms with van der Waals surface area (Å²) in [4.78, 5) is 26.2. The summed E-state index contributed by atoms with van der Waals surface area (Å²) in [6.07, 6.45) is 1.50. The highest BCUT2D eigenvalue weighted by Gasteiger charge is 2.23. The minimum atomic E-state index is -0.189. The van der Waals surface area contributed by atoms with Crippen molar-refractivity contribution in [2.75, 3.05) is 23.4 Å². The molecule has 130 valence electrons. The van der Waals surface area contributed by atoms with Crippen molar-refractivity contribution in [3.05, 3.63) is 53.6 Å². The number of ether oxygens (including phenoxy) is 1. The van der Waals surface area contributed by atoms with E-state index in [1.54, 1.807) is 18.2 Å². The molecule has 0 unspecified atom stereocenters. The lowest BCUT2D eigenvalue weighted by Crippen LogP contribution is -2.24. The number of aryl methyl sites for hydroxylation is 1. The number of nitrogens with one attached hydrogen (secondary N) is 1. The number of carbonyl (C=O) groups excluding carboxylic acids is 2. The number of rotatable bonds is 5. The summed E-state index contributed by atoms with van der Waals surface area (Å²) < 4.78 is 5.43. The molecule has 5 heteroatoms. The van der Waals surface area contributed by atoms with E-state index in [-0.39, 0.29) is 11.8 Å². The maximum absolute atomic E-state index is 12.4. The Bertz CT molecular complexity index is 801. The molecular formula is C20H22N2O3. The van der Waals surface area contributed by atoms with Gasteiger partial charge in [-0.15, -0.1) is 0 Å². The molecule has 1 aliphatic rings. The van der Waals surface area contributed by atoms with E-state index in [9.17, 15) is 9.59 Å². The molecule has 0 aliphatic carbocycles. The van der Waals surface area contributed by atoms with Crippen molar-refractivity contribution < 1.29 is 14.3 Å². The first-order valence-corrected chi connectivity index (χ1v) is 8.53. The topological polar surface area (TPSA) is 58.6 Å². The summed E-state index contributed by atoms with van der Waals surface area (Å²) in [5.41, 5.74) is 3.14. The predicted molar refractivity (Wildman–Crippen MR) is 98.3 cm³/mol. The molecule has 2 amide bonds. The number of carbonyl (C=O) groups is 2. The molecule has 2 aromatic rings. The molecule has 1 aliphatic heterocycles. The molecule has 0 bridgehead atoms. The molecule has 0 spiro atoms. The molecule has 1 fully saturated rings. The van der Waals surface area contributed by atoms with Crippen LogP contribution in [-0.2, 0) is 4.79 Å². The third-order valence-electron chi connectivity index (χ3n) is 4.23. The van der Waals surface area contributed by atoms with Crippen LogP contribution in [-0.4, -0.2) is 25.0 Å². The first-order chi connectivity index (χ1) is 12.1. The summed E-state index contributed by atoms with van der Waals surface area (Å²) >= 11 is 0. The van der Waals surface area contributed by atoms with Gasteiger partial charge in [-0.25, -0.2) is 0 Å². The van der Waals surface area contributed by atoms with Gasteiger partial charge in [0.05, 0.1) is 6.61 Å². The molecule has 3 rings (SSSR count). The third kappa shape index (κ3) is 3.82. The van der Waals surface area contributed by atoms with E-state index < -0.39 is 0 Å². The van der Waals surface area contributed by atoms with Crippen LogP contribution in [0.25, 0.3) is 0 Å². The molecule has 0 aromatic heterocycles. The number of hydrogen-bond donors (Lipinski definition) is 1. The smallest absolute Gasteiger partial charge is 0.255 e. The second kappa shape index (κ2) is 7.38. The van der Waals surface area contributed by atoms with Crippen LogP contribution in [0.5, 0.6) is 5.75 Å². The van der Waals surface area contributed by atoms with E-state index in [1.165, 1.54) is 0 Å². The van der Waals surface area contributed by atoms with Gasteiger partial charge < -0.3 is 15.0 Å². The van der Waals surface area contributed by atoms with Crippen molar-refractivity contribution in [1.82, 2.24) is 0 Å². The lowest BCUT2D eigenvalue weighted by atomic mass is 10.1. The van der Waals surface area contributed by atoms with E-state index in [0.29, 0.717) is 30.0 Å². The summed E-state index contributed by atoms with van der Waals surface area (Å²) in [5.74, 6) is 0.646. The largest absolute Gasteiger partial charge is 0.494 e. The lowest BCUT2D eigenvalue weighted by molar-refractivity contribution is -0.117. The maximum Gasteiger partial charge on any atom is 0.255 e. The quantitative estimate of drug-likeness (QED) is 0.903. The van der Waals surface area contributed by atoms with Crippen LogP contribution in [0.3, 0.4) is 0 Å². The van der Waals surface area contributed by atoms with Crippen LogP contribution >= 0.6 is 0 Å². The van der Waals surface area contributed by atoms with Crippen LogP contribution < -0.4 is 15.0 Å². The van der Waals surface area contributed by atoms with Gasteiger partial charge in [-0.2, -0.15) is 0 Å². The maximum atomic E-state index is 12.4. The molecule has 5 nitrogen and oxygen atoms in total. The van der Waals surface area contributed by atoms with Crippen molar-refractivity contribution in [1.29, 1.82) is 0 Å². The Morgan fingerprint density at radius 1 is 1.24 bits per heavy atom. The van der Waals surface area contributed by atoms with E-state index in [1.807, 2.05) is 43.0 Å². The molecule has 2 aromatic carbocycles. The molecule has 0 atom stereocenters. The summed E-state index contributed by atoms with van der Waals surface area (Å²) in [6, 6.07) is 12.7. The second-order valence-electron chi connectivity index (χ2n) is 6.07. The zero-order chi connectivity index (χ0) is 17.8. The third-order valence-corrected chi connectivity index (χ3v) is 4.23. The van der Waals surface area contributed by atoms with Gasteiger partial charge in [0.25, 0.3) is 5.91 Å². The van der Waals surface area contributed by atoms with Crippen molar-refractivity contribution >= 4 is 23.2 Å². The average molecular weight is 338 g/mol. The van der Waals surface area contributed by atoms with E-state index in [0.717, 1.165) is 24.2 Å². The fourth-order valence-corrected chi connectivity index (χ4v) is 3.04. The highest BCUT2D eigenvalue weighted by atomic mass is 16.5. The van der Waals surface area contributed by atoms with Gasteiger partial charge in [-0.05, 0) is 62.2 Å². The highest BCUT2D eigenvalue weighted by Crippen LogP contribution is 2.27. The standard InChI is InChI=1S/C20H22N2O3/c1-3-25-17-7-4-6-15(13-17)20(24)21-16-9-10-18(14(2)12-16)22-11-5-8-19(22)23/h4,6-7,9-10,12-13H,3,5,8,11H2,1-2H3,(H,21,24).